The predicted octanol–water partition coefficient (Wildman–Crippen LogP) is 2.99. The Morgan fingerprint density at radius 2 is 1.21 bits per heavy atom. The summed E-state index contributed by atoms with van der Waals surface area (Å²) in [5.41, 5.74) is 0.880. The van der Waals surface area contributed by atoms with Crippen molar-refractivity contribution in [3.05, 3.63) is 65.7 Å². The van der Waals surface area contributed by atoms with Gasteiger partial charge in [0.05, 0.1) is 0 Å². The summed E-state index contributed by atoms with van der Waals surface area (Å²) < 4.78 is 0. The number of carbonyl (C=O) groups excluding carboxylic acids is 2. The summed E-state index contributed by atoms with van der Waals surface area (Å²) >= 11 is 0. The molecule has 0 aliphatic heterocycles. The number of ketones is 2. The van der Waals surface area contributed by atoms with E-state index in [1.165, 1.54) is 4.90 Å². The highest BCUT2D eigenvalue weighted by atomic mass is 32.2. The quantitative estimate of drug-likeness (QED) is 0.487. The molecule has 3 heteroatoms. The number of benzene rings is 2. The number of hydrogen-bond donors (Lipinski definition) is 0. The van der Waals surface area contributed by atoms with E-state index in [9.17, 15) is 9.59 Å². The summed E-state index contributed by atoms with van der Waals surface area (Å²) in [5.74, 6) is -0.912. The summed E-state index contributed by atoms with van der Waals surface area (Å²) in [6.07, 6.45) is 4.23. The Labute approximate surface area is 115 Å². The van der Waals surface area contributed by atoms with Crippen LogP contribution in [0.3, 0.4) is 0 Å². The van der Waals surface area contributed by atoms with E-state index >= 15 is 0 Å². The van der Waals surface area contributed by atoms with E-state index < -0.39 is 11.6 Å². The summed E-state index contributed by atoms with van der Waals surface area (Å²) in [7, 11) is 0.157. The zero-order valence-electron chi connectivity index (χ0n) is 10.9. The van der Waals surface area contributed by atoms with Gasteiger partial charge in [0.2, 0.25) is 11.6 Å². The molecule has 0 atom stereocenters. The highest BCUT2D eigenvalue weighted by Crippen LogP contribution is 2.13. The first-order chi connectivity index (χ1) is 9.09. The lowest BCUT2D eigenvalue weighted by Crippen LogP contribution is -2.14. The number of Topliss-reactive ketones (excluding diaryl/α,β-unsaturated/α-hetero) is 2. The molecule has 0 bridgehead atoms. The molecule has 96 valence electrons. The summed E-state index contributed by atoms with van der Waals surface area (Å²) in [5, 5.41) is 0. The van der Waals surface area contributed by atoms with Crippen molar-refractivity contribution < 1.29 is 9.59 Å². The predicted molar refractivity (Wildman–Crippen MR) is 79.0 cm³/mol. The van der Waals surface area contributed by atoms with Crippen LogP contribution in [0.1, 0.15) is 20.7 Å². The highest BCUT2D eigenvalue weighted by molar-refractivity contribution is 7.95. The van der Waals surface area contributed by atoms with Gasteiger partial charge in [-0.3, -0.25) is 9.59 Å². The van der Waals surface area contributed by atoms with Gasteiger partial charge < -0.3 is 0 Å². The summed E-state index contributed by atoms with van der Waals surface area (Å²) in [6, 6.07) is 15.9. The topological polar surface area (TPSA) is 34.1 Å². The Morgan fingerprint density at radius 3 is 1.68 bits per heavy atom. The molecule has 0 unspecified atom stereocenters. The van der Waals surface area contributed by atoms with Gasteiger partial charge in [-0.05, 0) is 24.3 Å². The van der Waals surface area contributed by atoms with Crippen LogP contribution in [0, 0.1) is 0 Å². The lowest BCUT2D eigenvalue weighted by Gasteiger charge is -2.01. The first kappa shape index (κ1) is 13.6. The van der Waals surface area contributed by atoms with Crippen LogP contribution in [0.5, 0.6) is 0 Å². The lowest BCUT2D eigenvalue weighted by molar-refractivity contribution is 0.0817. The zero-order chi connectivity index (χ0) is 13.8. The standard InChI is InChI=1S/C16H15O2S/c1-19(2)14-10-8-13(9-11-14)16(18)15(17)12-6-4-3-5-7-12/h3-11H,1-2H3/q+1. The van der Waals surface area contributed by atoms with Gasteiger partial charge in [0.25, 0.3) is 0 Å². The van der Waals surface area contributed by atoms with Gasteiger partial charge in [0, 0.05) is 22.0 Å². The minimum absolute atomic E-state index is 0.157. The van der Waals surface area contributed by atoms with E-state index in [0.717, 1.165) is 0 Å². The van der Waals surface area contributed by atoms with E-state index in [1.807, 2.05) is 18.2 Å². The largest absolute Gasteiger partial charge is 0.285 e. The second-order valence-electron chi connectivity index (χ2n) is 4.37. The maximum Gasteiger partial charge on any atom is 0.233 e. The van der Waals surface area contributed by atoms with Crippen LogP contribution in [0.2, 0.25) is 0 Å². The van der Waals surface area contributed by atoms with E-state index in [2.05, 4.69) is 12.5 Å². The maximum absolute atomic E-state index is 12.1. The first-order valence-electron chi connectivity index (χ1n) is 5.91. The molecule has 0 aromatic heterocycles. The van der Waals surface area contributed by atoms with Crippen LogP contribution < -0.4 is 0 Å². The van der Waals surface area contributed by atoms with Crippen LogP contribution in [-0.2, 0) is 10.9 Å². The van der Waals surface area contributed by atoms with Gasteiger partial charge in [-0.2, -0.15) is 0 Å². The minimum atomic E-state index is -0.458. The number of carbonyl (C=O) groups is 2. The van der Waals surface area contributed by atoms with Crippen LogP contribution in [0.15, 0.2) is 59.5 Å². The van der Waals surface area contributed by atoms with Crippen LogP contribution >= 0.6 is 0 Å². The van der Waals surface area contributed by atoms with E-state index in [-0.39, 0.29) is 10.9 Å². The zero-order valence-corrected chi connectivity index (χ0v) is 11.7. The van der Waals surface area contributed by atoms with Gasteiger partial charge in [-0.25, -0.2) is 0 Å². The Balaban J connectivity index is 2.22. The van der Waals surface area contributed by atoms with Crippen molar-refractivity contribution in [2.45, 2.75) is 4.90 Å². The Morgan fingerprint density at radius 1 is 0.737 bits per heavy atom. The average Bonchev–Trinajstić information content (AvgIpc) is 2.46. The Hall–Kier alpha value is -1.87. The van der Waals surface area contributed by atoms with Crippen LogP contribution in [0.4, 0.5) is 0 Å². The molecule has 0 radical (unpaired) electrons. The average molecular weight is 271 g/mol. The molecule has 0 fully saturated rings. The molecule has 0 aliphatic carbocycles. The second kappa shape index (κ2) is 5.85. The van der Waals surface area contributed by atoms with Crippen molar-refractivity contribution in [2.24, 2.45) is 0 Å². The molecule has 2 aromatic carbocycles. The molecule has 0 heterocycles. The third-order valence-corrected chi connectivity index (χ3v) is 4.05. The fourth-order valence-electron chi connectivity index (χ4n) is 1.73. The fraction of sp³-hybridized carbons (Fsp3) is 0.125. The molecule has 0 spiro atoms. The summed E-state index contributed by atoms with van der Waals surface area (Å²) in [6.45, 7) is 0. The molecule has 0 aliphatic rings. The molecule has 2 rings (SSSR count). The van der Waals surface area contributed by atoms with Crippen molar-refractivity contribution in [1.29, 1.82) is 0 Å². The van der Waals surface area contributed by atoms with Gasteiger partial charge in [0.15, 0.2) is 4.90 Å². The van der Waals surface area contributed by atoms with Gasteiger partial charge >= 0.3 is 0 Å². The Bertz CT molecular complexity index is 586. The molecule has 0 saturated carbocycles. The smallest absolute Gasteiger partial charge is 0.233 e. The summed E-state index contributed by atoms with van der Waals surface area (Å²) in [4.78, 5) is 25.3. The minimum Gasteiger partial charge on any atom is -0.285 e. The fourth-order valence-corrected chi connectivity index (χ4v) is 2.41. The number of hydrogen-bond acceptors (Lipinski definition) is 2. The maximum atomic E-state index is 12.1. The SMILES string of the molecule is C[S+](C)c1ccc(C(=O)C(=O)c2ccccc2)cc1. The molecule has 19 heavy (non-hydrogen) atoms. The van der Waals surface area contributed by atoms with Gasteiger partial charge in [-0.15, -0.1) is 0 Å². The van der Waals surface area contributed by atoms with E-state index in [4.69, 9.17) is 0 Å². The molecule has 0 saturated heterocycles. The Kier molecular flexibility index (Phi) is 4.17. The number of rotatable bonds is 4. The van der Waals surface area contributed by atoms with Crippen molar-refractivity contribution >= 4 is 22.5 Å². The lowest BCUT2D eigenvalue weighted by atomic mass is 10.0. The molecule has 2 aromatic rings. The highest BCUT2D eigenvalue weighted by Gasteiger charge is 2.18. The third kappa shape index (κ3) is 3.12. The molecule has 2 nitrogen and oxygen atoms in total. The van der Waals surface area contributed by atoms with Gasteiger partial charge in [-0.1, -0.05) is 30.3 Å². The van der Waals surface area contributed by atoms with E-state index in [1.54, 1.807) is 36.4 Å². The monoisotopic (exact) mass is 271 g/mol. The molecule has 0 N–H and O–H groups in total. The second-order valence-corrected chi connectivity index (χ2v) is 6.47. The van der Waals surface area contributed by atoms with Crippen LogP contribution in [-0.4, -0.2) is 24.1 Å². The molecular weight excluding hydrogens is 256 g/mol. The van der Waals surface area contributed by atoms with Crippen molar-refractivity contribution in [1.82, 2.24) is 0 Å². The van der Waals surface area contributed by atoms with Gasteiger partial charge in [0.1, 0.15) is 12.5 Å². The van der Waals surface area contributed by atoms with Crippen molar-refractivity contribution in [2.75, 3.05) is 12.5 Å². The molecular formula is C16H15O2S+. The van der Waals surface area contributed by atoms with Crippen molar-refractivity contribution in [3.63, 3.8) is 0 Å². The van der Waals surface area contributed by atoms with Crippen LogP contribution in [0.25, 0.3) is 0 Å². The first-order valence-corrected chi connectivity index (χ1v) is 7.95. The van der Waals surface area contributed by atoms with Crippen molar-refractivity contribution in [3.8, 4) is 0 Å². The van der Waals surface area contributed by atoms with E-state index in [0.29, 0.717) is 11.1 Å². The third-order valence-electron chi connectivity index (χ3n) is 2.83. The molecule has 0 amide bonds. The normalized spacial score (nSPS) is 10.5.